The molecule has 37 heavy (non-hydrogen) atoms. The summed E-state index contributed by atoms with van der Waals surface area (Å²) in [6, 6.07) is 15.6. The summed E-state index contributed by atoms with van der Waals surface area (Å²) in [4.78, 5) is 32.3. The molecule has 5 rings (SSSR count). The third-order valence-electron chi connectivity index (χ3n) is 6.57. The lowest BCUT2D eigenvalue weighted by Gasteiger charge is -2.26. The van der Waals surface area contributed by atoms with Gasteiger partial charge in [-0.25, -0.2) is 0 Å². The number of aliphatic hydroxyl groups excluding tert-OH is 1. The molecule has 2 aliphatic heterocycles. The summed E-state index contributed by atoms with van der Waals surface area (Å²) in [5.74, 6) is 0.187. The van der Waals surface area contributed by atoms with E-state index >= 15 is 0 Å². The van der Waals surface area contributed by atoms with Gasteiger partial charge in [0.1, 0.15) is 23.4 Å². The number of carbonyl (C=O) groups excluding carboxylic acids is 2. The Balaban J connectivity index is 1.60. The van der Waals surface area contributed by atoms with Crippen molar-refractivity contribution < 1.29 is 24.2 Å². The summed E-state index contributed by atoms with van der Waals surface area (Å²) in [5, 5.41) is 11.5. The number of hydrogen-bond acceptors (Lipinski definition) is 6. The van der Waals surface area contributed by atoms with Gasteiger partial charge in [0.05, 0.1) is 18.2 Å². The van der Waals surface area contributed by atoms with Gasteiger partial charge < -0.3 is 19.5 Å². The molecule has 2 aromatic carbocycles. The van der Waals surface area contributed by atoms with E-state index in [0.29, 0.717) is 35.8 Å². The predicted molar refractivity (Wildman–Crippen MR) is 139 cm³/mol. The first kappa shape index (κ1) is 24.6. The second-order valence-electron chi connectivity index (χ2n) is 10.0. The zero-order chi connectivity index (χ0) is 26.1. The maximum absolute atomic E-state index is 13.4. The van der Waals surface area contributed by atoms with E-state index in [1.807, 2.05) is 37.3 Å². The van der Waals surface area contributed by atoms with Gasteiger partial charge in [0, 0.05) is 30.9 Å². The molecule has 1 amide bonds. The molecule has 190 valence electrons. The molecule has 7 heteroatoms. The van der Waals surface area contributed by atoms with E-state index in [4.69, 9.17) is 9.47 Å². The highest BCUT2D eigenvalue weighted by atomic mass is 16.5. The van der Waals surface area contributed by atoms with Crippen molar-refractivity contribution in [3.63, 3.8) is 0 Å². The summed E-state index contributed by atoms with van der Waals surface area (Å²) >= 11 is 0. The lowest BCUT2D eigenvalue weighted by Crippen LogP contribution is -2.29. The molecule has 2 atom stereocenters. The zero-order valence-electron chi connectivity index (χ0n) is 21.2. The van der Waals surface area contributed by atoms with Gasteiger partial charge in [-0.05, 0) is 72.0 Å². The smallest absolute Gasteiger partial charge is 0.295 e. The molecule has 0 spiro atoms. The van der Waals surface area contributed by atoms with Crippen LogP contribution in [0.25, 0.3) is 5.76 Å². The van der Waals surface area contributed by atoms with Crippen LogP contribution in [-0.2, 0) is 22.6 Å². The van der Waals surface area contributed by atoms with Gasteiger partial charge in [-0.3, -0.25) is 14.6 Å². The number of benzene rings is 2. The average Bonchev–Trinajstić information content (AvgIpc) is 3.39. The minimum absolute atomic E-state index is 0.0481. The second-order valence-corrected chi connectivity index (χ2v) is 10.0. The molecular weight excluding hydrogens is 468 g/mol. The summed E-state index contributed by atoms with van der Waals surface area (Å²) < 4.78 is 11.7. The quantitative estimate of drug-likeness (QED) is 0.278. The summed E-state index contributed by atoms with van der Waals surface area (Å²) in [5.41, 5.74) is 3.03. The highest BCUT2D eigenvalue weighted by Crippen LogP contribution is 2.42. The standard InChI is InChI=1S/C30H30N2O5/c1-18(2)17-36-24-6-4-5-21(15-24)27-26(28(33)22-7-8-25-23(14-22)13-19(3)37-25)29(34)30(35)32(27)16-20-9-11-31-12-10-20/h4-12,14-15,18-19,27,33H,13,16-17H2,1-3H3/b28-26-. The van der Waals surface area contributed by atoms with Crippen LogP contribution in [0.4, 0.5) is 0 Å². The van der Waals surface area contributed by atoms with E-state index < -0.39 is 17.7 Å². The van der Waals surface area contributed by atoms with Crippen molar-refractivity contribution in [2.24, 2.45) is 5.92 Å². The number of pyridine rings is 1. The summed E-state index contributed by atoms with van der Waals surface area (Å²) in [6.07, 6.45) is 4.06. The largest absolute Gasteiger partial charge is 0.507 e. The number of hydrogen-bond donors (Lipinski definition) is 1. The molecule has 2 aliphatic rings. The normalized spacial score (nSPS) is 20.3. The van der Waals surface area contributed by atoms with Gasteiger partial charge in [-0.1, -0.05) is 26.0 Å². The average molecular weight is 499 g/mol. The highest BCUT2D eigenvalue weighted by Gasteiger charge is 2.46. The first-order chi connectivity index (χ1) is 17.8. The molecule has 0 radical (unpaired) electrons. The fraction of sp³-hybridized carbons (Fsp3) is 0.300. The molecule has 1 saturated heterocycles. The van der Waals surface area contributed by atoms with Gasteiger partial charge in [0.25, 0.3) is 11.7 Å². The molecule has 0 aliphatic carbocycles. The number of likely N-dealkylation sites (tertiary alicyclic amines) is 1. The fourth-order valence-electron chi connectivity index (χ4n) is 4.84. The maximum atomic E-state index is 13.4. The Morgan fingerprint density at radius 2 is 1.92 bits per heavy atom. The molecule has 7 nitrogen and oxygen atoms in total. The molecule has 1 fully saturated rings. The highest BCUT2D eigenvalue weighted by molar-refractivity contribution is 6.46. The molecule has 1 aromatic heterocycles. The third kappa shape index (κ3) is 4.94. The Labute approximate surface area is 216 Å². The first-order valence-corrected chi connectivity index (χ1v) is 12.5. The van der Waals surface area contributed by atoms with Gasteiger partial charge in [-0.2, -0.15) is 0 Å². The van der Waals surface area contributed by atoms with Crippen molar-refractivity contribution >= 4 is 17.4 Å². The van der Waals surface area contributed by atoms with Crippen LogP contribution in [0.5, 0.6) is 11.5 Å². The minimum atomic E-state index is -0.779. The molecule has 2 unspecified atom stereocenters. The second kappa shape index (κ2) is 10.1. The van der Waals surface area contributed by atoms with E-state index in [9.17, 15) is 14.7 Å². The topological polar surface area (TPSA) is 89.0 Å². The van der Waals surface area contributed by atoms with Gasteiger partial charge in [0.15, 0.2) is 0 Å². The van der Waals surface area contributed by atoms with Crippen molar-refractivity contribution in [1.29, 1.82) is 0 Å². The molecule has 0 saturated carbocycles. The molecule has 3 heterocycles. The van der Waals surface area contributed by atoms with Crippen LogP contribution >= 0.6 is 0 Å². The Morgan fingerprint density at radius 1 is 1.14 bits per heavy atom. The number of ether oxygens (including phenoxy) is 2. The number of ketones is 1. The van der Waals surface area contributed by atoms with Crippen LogP contribution < -0.4 is 9.47 Å². The van der Waals surface area contributed by atoms with Crippen molar-refractivity contribution in [1.82, 2.24) is 9.88 Å². The Bertz CT molecular complexity index is 1370. The third-order valence-corrected chi connectivity index (χ3v) is 6.57. The van der Waals surface area contributed by atoms with E-state index in [1.165, 1.54) is 4.90 Å². The number of nitrogens with zero attached hydrogens (tertiary/aromatic N) is 2. The summed E-state index contributed by atoms with van der Waals surface area (Å²) in [7, 11) is 0. The predicted octanol–water partition coefficient (Wildman–Crippen LogP) is 5.06. The Hall–Kier alpha value is -4.13. The van der Waals surface area contributed by atoms with Crippen LogP contribution in [0.3, 0.4) is 0 Å². The molecule has 1 N–H and O–H groups in total. The van der Waals surface area contributed by atoms with Crippen LogP contribution in [0.1, 0.15) is 49.1 Å². The number of rotatable bonds is 7. The monoisotopic (exact) mass is 498 g/mol. The molecular formula is C30H30N2O5. The molecule has 3 aromatic rings. The Kier molecular flexibility index (Phi) is 6.70. The van der Waals surface area contributed by atoms with Crippen molar-refractivity contribution in [2.75, 3.05) is 6.61 Å². The molecule has 0 bridgehead atoms. The first-order valence-electron chi connectivity index (χ1n) is 12.5. The SMILES string of the molecule is CC(C)COc1cccc(C2/C(=C(/O)c3ccc4c(c3)CC(C)O4)C(=O)C(=O)N2Cc2ccncc2)c1. The number of carbonyl (C=O) groups is 2. The van der Waals surface area contributed by atoms with Gasteiger partial charge >= 0.3 is 0 Å². The lowest BCUT2D eigenvalue weighted by molar-refractivity contribution is -0.140. The van der Waals surface area contributed by atoms with E-state index in [0.717, 1.165) is 16.9 Å². The van der Waals surface area contributed by atoms with Gasteiger partial charge in [-0.15, -0.1) is 0 Å². The van der Waals surface area contributed by atoms with Gasteiger partial charge in [0.2, 0.25) is 0 Å². The summed E-state index contributed by atoms with van der Waals surface area (Å²) in [6.45, 7) is 6.85. The number of Topliss-reactive ketones (excluding diaryl/α,β-unsaturated/α-hetero) is 1. The number of amides is 1. The fourth-order valence-corrected chi connectivity index (χ4v) is 4.84. The van der Waals surface area contributed by atoms with Crippen LogP contribution in [0, 0.1) is 5.92 Å². The number of aliphatic hydroxyl groups is 1. The van der Waals surface area contributed by atoms with Crippen LogP contribution in [0.2, 0.25) is 0 Å². The number of fused-ring (bicyclic) bond motifs is 1. The number of aromatic nitrogens is 1. The zero-order valence-corrected chi connectivity index (χ0v) is 21.2. The van der Waals surface area contributed by atoms with E-state index in [2.05, 4.69) is 18.8 Å². The van der Waals surface area contributed by atoms with E-state index in [-0.39, 0.29) is 24.0 Å². The lowest BCUT2D eigenvalue weighted by atomic mass is 9.94. The van der Waals surface area contributed by atoms with Crippen molar-refractivity contribution in [2.45, 2.75) is 45.9 Å². The van der Waals surface area contributed by atoms with E-state index in [1.54, 1.807) is 36.7 Å². The van der Waals surface area contributed by atoms with Crippen LogP contribution in [0.15, 0.2) is 72.6 Å². The van der Waals surface area contributed by atoms with Crippen molar-refractivity contribution in [3.05, 3.63) is 94.8 Å². The van der Waals surface area contributed by atoms with Crippen LogP contribution in [-0.4, -0.2) is 39.4 Å². The maximum Gasteiger partial charge on any atom is 0.295 e. The Morgan fingerprint density at radius 3 is 2.68 bits per heavy atom. The van der Waals surface area contributed by atoms with Crippen molar-refractivity contribution in [3.8, 4) is 11.5 Å². The minimum Gasteiger partial charge on any atom is -0.507 e.